The fourth-order valence-corrected chi connectivity index (χ4v) is 10.1. The van der Waals surface area contributed by atoms with E-state index in [0.29, 0.717) is 54.9 Å². The Kier molecular flexibility index (Phi) is 11.1. The molecule has 7 heterocycles. The van der Waals surface area contributed by atoms with Gasteiger partial charge in [0, 0.05) is 64.6 Å². The monoisotopic (exact) mass is 856 g/mol. The number of nitrogens with zero attached hydrogens (tertiary/aromatic N) is 10. The molecule has 1 atom stereocenters. The Labute approximate surface area is 356 Å². The number of hydrogen-bond acceptors (Lipinski definition) is 11. The van der Waals surface area contributed by atoms with Crippen LogP contribution in [0.3, 0.4) is 0 Å². The van der Waals surface area contributed by atoms with E-state index in [0.717, 1.165) is 69.4 Å². The smallest absolute Gasteiger partial charge is 0.329 e. The number of carbonyl (C=O) groups is 3. The molecule has 17 nitrogen and oxygen atoms in total. The molecule has 0 radical (unpaired) electrons. The molecule has 1 saturated carbocycles. The normalized spacial score (nSPS) is 22.6. The second kappa shape index (κ2) is 16.5. The second-order valence-corrected chi connectivity index (χ2v) is 17.9. The largest absolute Gasteiger partial charge is 0.390 e. The molecule has 3 amide bonds. The highest BCUT2D eigenvalue weighted by molar-refractivity contribution is 6.08. The molecule has 3 N–H and O–H groups in total. The number of amides is 3. The number of alkyl halides is 2. The van der Waals surface area contributed by atoms with Gasteiger partial charge in [-0.05, 0) is 95.9 Å². The van der Waals surface area contributed by atoms with E-state index in [4.69, 9.17) is 4.98 Å². The fourth-order valence-electron chi connectivity index (χ4n) is 10.1. The van der Waals surface area contributed by atoms with Crippen molar-refractivity contribution in [3.8, 4) is 0 Å². The lowest BCUT2D eigenvalue weighted by molar-refractivity contribution is -0.135. The number of aryl methyl sites for hydroxylation is 1. The zero-order valence-corrected chi connectivity index (χ0v) is 35.3. The molecule has 62 heavy (non-hydrogen) atoms. The topological polar surface area (TPSA) is 180 Å². The van der Waals surface area contributed by atoms with Crippen molar-refractivity contribution < 1.29 is 28.3 Å². The standard InChI is InChI=1S/C43H54F2N12O5/c1-43(62)16-21-54(22-17-43)34-15-20-55-39(48-34)29(23-46-55)40(59)47-30-25-56(50-36(30)38(44)45)28-9-7-26(8-10-28)24-51(2)27-13-18-53(19-14-27)31-5-4-6-32-37(31)52(3)42(61)57(32)33-11-12-35(58)49-41(33)60/h4-6,15,20,23,25-28,33,38,62H,7-14,16-19,21-22,24H2,1-3H3,(H,47,59)(H,49,58,60)/t26-,28-,33?. The van der Waals surface area contributed by atoms with Crippen LogP contribution in [0.2, 0.25) is 0 Å². The molecule has 9 rings (SSSR count). The van der Waals surface area contributed by atoms with Gasteiger partial charge in [-0.15, -0.1) is 0 Å². The van der Waals surface area contributed by atoms with Crippen LogP contribution >= 0.6 is 0 Å². The molecule has 4 aliphatic rings. The summed E-state index contributed by atoms with van der Waals surface area (Å²) in [5.41, 5.74) is 1.37. The van der Waals surface area contributed by atoms with Crippen LogP contribution in [0, 0.1) is 5.92 Å². The molecule has 1 aliphatic carbocycles. The van der Waals surface area contributed by atoms with E-state index in [1.165, 1.54) is 21.5 Å². The Balaban J connectivity index is 0.798. The maximum atomic E-state index is 14.3. The summed E-state index contributed by atoms with van der Waals surface area (Å²) in [7, 11) is 3.91. The maximum absolute atomic E-state index is 14.3. The van der Waals surface area contributed by atoms with Crippen LogP contribution in [0.25, 0.3) is 16.7 Å². The van der Waals surface area contributed by atoms with Gasteiger partial charge in [-0.2, -0.15) is 10.2 Å². The molecule has 0 spiro atoms. The maximum Gasteiger partial charge on any atom is 0.329 e. The number of nitrogens with one attached hydrogen (secondary N) is 2. The SMILES string of the molecule is CN(C[C@H]1CC[C@H](n2cc(NC(=O)c3cnn4ccc(N5CCC(C)(O)CC5)nc34)c(C(F)F)n2)CC1)C1CCN(c2cccc3c2n(C)c(=O)n3C2CCC(=O)NC2=O)CC1. The van der Waals surface area contributed by atoms with Crippen molar-refractivity contribution in [2.75, 3.05) is 54.9 Å². The van der Waals surface area contributed by atoms with Gasteiger partial charge in [-0.3, -0.25) is 33.5 Å². The highest BCUT2D eigenvalue weighted by Gasteiger charge is 2.34. The summed E-state index contributed by atoms with van der Waals surface area (Å²) in [4.78, 5) is 63.1. The van der Waals surface area contributed by atoms with E-state index < -0.39 is 35.6 Å². The van der Waals surface area contributed by atoms with Gasteiger partial charge in [0.2, 0.25) is 11.8 Å². The Hall–Kier alpha value is -5.69. The Morgan fingerprint density at radius 3 is 2.47 bits per heavy atom. The lowest BCUT2D eigenvalue weighted by Gasteiger charge is -2.40. The number of carbonyl (C=O) groups excluding carboxylic acids is 3. The average molecular weight is 857 g/mol. The van der Waals surface area contributed by atoms with E-state index in [2.05, 4.69) is 37.7 Å². The summed E-state index contributed by atoms with van der Waals surface area (Å²) < 4.78 is 34.9. The van der Waals surface area contributed by atoms with E-state index in [1.807, 2.05) is 30.0 Å². The van der Waals surface area contributed by atoms with Crippen molar-refractivity contribution in [2.24, 2.45) is 13.0 Å². The zero-order valence-electron chi connectivity index (χ0n) is 35.3. The summed E-state index contributed by atoms with van der Waals surface area (Å²) in [5, 5.41) is 24.0. The summed E-state index contributed by atoms with van der Waals surface area (Å²) >= 11 is 0. The van der Waals surface area contributed by atoms with E-state index in [-0.39, 0.29) is 41.7 Å². The molecule has 0 bridgehead atoms. The predicted molar refractivity (Wildman–Crippen MR) is 228 cm³/mol. The number of benzene rings is 1. The minimum Gasteiger partial charge on any atom is -0.390 e. The molecule has 19 heteroatoms. The lowest BCUT2D eigenvalue weighted by Crippen LogP contribution is -2.45. The third-order valence-electron chi connectivity index (χ3n) is 13.7. The van der Waals surface area contributed by atoms with Crippen LogP contribution < -0.4 is 26.1 Å². The highest BCUT2D eigenvalue weighted by atomic mass is 19.3. The third kappa shape index (κ3) is 7.95. The number of halogens is 2. The van der Waals surface area contributed by atoms with Crippen molar-refractivity contribution in [2.45, 2.75) is 101 Å². The fraction of sp³-hybridized carbons (Fsp3) is 0.558. The molecule has 5 aromatic rings. The number of para-hydroxylation sites is 1. The molecule has 4 aromatic heterocycles. The molecular formula is C43H54F2N12O5. The van der Waals surface area contributed by atoms with Gasteiger partial charge in [-0.1, -0.05) is 6.07 Å². The number of imide groups is 1. The Morgan fingerprint density at radius 2 is 1.76 bits per heavy atom. The second-order valence-electron chi connectivity index (χ2n) is 17.9. The Morgan fingerprint density at radius 1 is 1.02 bits per heavy atom. The average Bonchev–Trinajstić information content (AvgIpc) is 3.95. The van der Waals surface area contributed by atoms with Crippen LogP contribution in [-0.4, -0.2) is 113 Å². The van der Waals surface area contributed by atoms with Crippen LogP contribution in [0.1, 0.15) is 106 Å². The van der Waals surface area contributed by atoms with Crippen molar-refractivity contribution in [3.05, 3.63) is 64.6 Å². The van der Waals surface area contributed by atoms with Crippen LogP contribution in [-0.2, 0) is 16.6 Å². The van der Waals surface area contributed by atoms with Crippen molar-refractivity contribution in [3.63, 3.8) is 0 Å². The van der Waals surface area contributed by atoms with E-state index in [1.54, 1.807) is 28.6 Å². The van der Waals surface area contributed by atoms with Gasteiger partial charge in [-0.25, -0.2) is 23.1 Å². The van der Waals surface area contributed by atoms with Gasteiger partial charge in [0.25, 0.3) is 12.3 Å². The Bertz CT molecular complexity index is 2550. The number of anilines is 3. The van der Waals surface area contributed by atoms with Crippen molar-refractivity contribution in [1.82, 2.24) is 43.7 Å². The number of hydrogen-bond donors (Lipinski definition) is 3. The predicted octanol–water partition coefficient (Wildman–Crippen LogP) is 4.43. The summed E-state index contributed by atoms with van der Waals surface area (Å²) in [6.07, 6.45) is 8.68. The highest BCUT2D eigenvalue weighted by Crippen LogP contribution is 2.37. The summed E-state index contributed by atoms with van der Waals surface area (Å²) in [5.74, 6) is -0.274. The molecule has 1 aromatic carbocycles. The molecule has 4 fully saturated rings. The van der Waals surface area contributed by atoms with E-state index >= 15 is 0 Å². The number of piperidine rings is 3. The molecule has 1 unspecified atom stereocenters. The van der Waals surface area contributed by atoms with Crippen LogP contribution in [0.15, 0.2) is 47.7 Å². The van der Waals surface area contributed by atoms with Gasteiger partial charge in [0.1, 0.15) is 17.4 Å². The first-order valence-corrected chi connectivity index (χ1v) is 21.7. The number of aromatic nitrogens is 7. The summed E-state index contributed by atoms with van der Waals surface area (Å²) in [6.45, 7) is 5.58. The molecular weight excluding hydrogens is 803 g/mol. The molecule has 3 aliphatic heterocycles. The number of fused-ring (bicyclic) bond motifs is 2. The minimum atomic E-state index is -2.88. The van der Waals surface area contributed by atoms with E-state index in [9.17, 15) is 33.1 Å². The van der Waals surface area contributed by atoms with Crippen molar-refractivity contribution >= 4 is 51.6 Å². The molecule has 3 saturated heterocycles. The lowest BCUT2D eigenvalue weighted by atomic mass is 9.85. The third-order valence-corrected chi connectivity index (χ3v) is 13.7. The molecule has 330 valence electrons. The number of rotatable bonds is 10. The first-order chi connectivity index (χ1) is 29.7. The number of aliphatic hydroxyl groups is 1. The van der Waals surface area contributed by atoms with Gasteiger partial charge < -0.3 is 25.1 Å². The van der Waals surface area contributed by atoms with Gasteiger partial charge >= 0.3 is 5.69 Å². The van der Waals surface area contributed by atoms with Crippen molar-refractivity contribution in [1.29, 1.82) is 0 Å². The van der Waals surface area contributed by atoms with Gasteiger partial charge in [0.05, 0.1) is 40.2 Å². The number of imidazole rings is 1. The first kappa shape index (κ1) is 41.7. The van der Waals surface area contributed by atoms with Gasteiger partial charge in [0.15, 0.2) is 11.3 Å². The zero-order chi connectivity index (χ0) is 43.4. The quantitative estimate of drug-likeness (QED) is 0.169. The summed E-state index contributed by atoms with van der Waals surface area (Å²) in [6, 6.07) is 7.19. The van der Waals surface area contributed by atoms with Crippen LogP contribution in [0.5, 0.6) is 0 Å². The first-order valence-electron chi connectivity index (χ1n) is 21.7. The minimum absolute atomic E-state index is 0.0303. The van der Waals surface area contributed by atoms with Crippen LogP contribution in [0.4, 0.5) is 26.0 Å².